The molecule has 0 aliphatic rings. The van der Waals surface area contributed by atoms with Gasteiger partial charge in [0.1, 0.15) is 16.4 Å². The molecule has 0 bridgehead atoms. The maximum absolute atomic E-state index is 13.0. The third-order valence-corrected chi connectivity index (χ3v) is 8.92. The number of methoxy groups -OCH3 is 2. The van der Waals surface area contributed by atoms with Crippen LogP contribution in [0.4, 0.5) is 0 Å². The van der Waals surface area contributed by atoms with E-state index < -0.39 is 15.9 Å². The van der Waals surface area contributed by atoms with E-state index in [0.29, 0.717) is 25.1 Å². The van der Waals surface area contributed by atoms with Gasteiger partial charge in [-0.05, 0) is 72.4 Å². The lowest BCUT2D eigenvalue weighted by molar-refractivity contribution is -0.124. The minimum absolute atomic E-state index is 0.0558. The van der Waals surface area contributed by atoms with Crippen LogP contribution in [0.15, 0.2) is 71.8 Å². The Morgan fingerprint density at radius 3 is 2.36 bits per heavy atom. The molecule has 0 fully saturated rings. The summed E-state index contributed by atoms with van der Waals surface area (Å²) in [6, 6.07) is 17.4. The van der Waals surface area contributed by atoms with Gasteiger partial charge in [-0.3, -0.25) is 9.59 Å². The molecule has 1 heterocycles. The van der Waals surface area contributed by atoms with Gasteiger partial charge < -0.3 is 19.4 Å². The number of benzene rings is 3. The van der Waals surface area contributed by atoms with E-state index in [-0.39, 0.29) is 28.0 Å². The first kappa shape index (κ1) is 32.6. The lowest BCUT2D eigenvalue weighted by atomic mass is 9.97. The van der Waals surface area contributed by atoms with Crippen LogP contribution in [-0.4, -0.2) is 45.6 Å². The van der Waals surface area contributed by atoms with E-state index in [9.17, 15) is 18.0 Å². The number of aryl methyl sites for hydroxylation is 1. The normalized spacial score (nSPS) is 12.1. The van der Waals surface area contributed by atoms with Crippen LogP contribution in [0, 0.1) is 5.92 Å². The molecule has 2 N–H and O–H groups in total. The Balaban J connectivity index is 1.60. The topological polar surface area (TPSA) is 116 Å². The van der Waals surface area contributed by atoms with Crippen LogP contribution in [0.25, 0.3) is 10.9 Å². The minimum Gasteiger partial charge on any atom is -0.496 e. The summed E-state index contributed by atoms with van der Waals surface area (Å²) in [6.07, 6.45) is 5.19. The molecule has 234 valence electrons. The van der Waals surface area contributed by atoms with Crippen LogP contribution in [-0.2, 0) is 34.2 Å². The van der Waals surface area contributed by atoms with Gasteiger partial charge >= 0.3 is 0 Å². The highest BCUT2D eigenvalue weighted by molar-refractivity contribution is 7.90. The fourth-order valence-electron chi connectivity index (χ4n) is 5.29. The number of fused-ring (bicyclic) bond motifs is 1. The first-order chi connectivity index (χ1) is 21.1. The molecule has 0 spiro atoms. The van der Waals surface area contributed by atoms with Crippen LogP contribution < -0.4 is 19.5 Å². The van der Waals surface area contributed by atoms with Crippen molar-refractivity contribution in [3.8, 4) is 11.5 Å². The molecule has 9 nitrogen and oxygen atoms in total. The second-order valence-electron chi connectivity index (χ2n) is 10.9. The summed E-state index contributed by atoms with van der Waals surface area (Å²) < 4.78 is 41.1. The molecule has 0 saturated heterocycles. The third kappa shape index (κ3) is 7.42. The van der Waals surface area contributed by atoms with E-state index in [1.807, 2.05) is 13.8 Å². The van der Waals surface area contributed by atoms with Gasteiger partial charge in [0.25, 0.3) is 15.9 Å². The highest BCUT2D eigenvalue weighted by Crippen LogP contribution is 2.30. The van der Waals surface area contributed by atoms with E-state index in [1.165, 1.54) is 26.4 Å². The molecule has 0 aliphatic heterocycles. The number of nitrogens with zero attached hydrogens (tertiary/aromatic N) is 1. The highest BCUT2D eigenvalue weighted by Gasteiger charge is 2.23. The molecule has 1 atom stereocenters. The number of sulfonamides is 1. The van der Waals surface area contributed by atoms with Crippen molar-refractivity contribution in [2.45, 2.75) is 57.9 Å². The standard InChI is InChI=1S/C34H41N3O6S/c1-6-16-35-33(38)23(3)18-24-12-15-29-28(19-24)27(22-37(29)17-7-2)20-25-13-14-26(21-31(25)43-5)34(39)36-44(40,41)32-11-9-8-10-30(32)42-4/h8-15,19,21-23H,6-7,16-18,20H2,1-5H3,(H,35,38)(H,36,39). The third-order valence-electron chi connectivity index (χ3n) is 7.55. The quantitative estimate of drug-likeness (QED) is 0.193. The number of ether oxygens (including phenoxy) is 2. The summed E-state index contributed by atoms with van der Waals surface area (Å²) in [6.45, 7) is 7.65. The number of hydrogen-bond acceptors (Lipinski definition) is 6. The average Bonchev–Trinajstić information content (AvgIpc) is 3.35. The van der Waals surface area contributed by atoms with Crippen molar-refractivity contribution in [2.24, 2.45) is 5.92 Å². The zero-order chi connectivity index (χ0) is 31.9. The number of carbonyl (C=O) groups is 2. The highest BCUT2D eigenvalue weighted by atomic mass is 32.2. The Hall–Kier alpha value is -4.31. The van der Waals surface area contributed by atoms with Crippen LogP contribution >= 0.6 is 0 Å². The van der Waals surface area contributed by atoms with Crippen LogP contribution in [0.1, 0.15) is 60.7 Å². The summed E-state index contributed by atoms with van der Waals surface area (Å²) in [5.41, 5.74) is 4.29. The van der Waals surface area contributed by atoms with Gasteiger partial charge in [-0.25, -0.2) is 13.1 Å². The Kier molecular flexibility index (Phi) is 10.7. The Morgan fingerprint density at radius 2 is 1.66 bits per heavy atom. The van der Waals surface area contributed by atoms with Crippen LogP contribution in [0.5, 0.6) is 11.5 Å². The predicted molar refractivity (Wildman–Crippen MR) is 172 cm³/mol. The van der Waals surface area contributed by atoms with Crippen molar-refractivity contribution in [3.63, 3.8) is 0 Å². The van der Waals surface area contributed by atoms with Crippen molar-refractivity contribution in [2.75, 3.05) is 20.8 Å². The second-order valence-corrected chi connectivity index (χ2v) is 12.5. The van der Waals surface area contributed by atoms with Crippen molar-refractivity contribution in [1.82, 2.24) is 14.6 Å². The molecule has 2 amide bonds. The molecule has 1 unspecified atom stereocenters. The van der Waals surface area contributed by atoms with Crippen molar-refractivity contribution in [1.29, 1.82) is 0 Å². The van der Waals surface area contributed by atoms with Crippen molar-refractivity contribution in [3.05, 3.63) is 89.1 Å². The summed E-state index contributed by atoms with van der Waals surface area (Å²) in [5, 5.41) is 4.08. The Bertz CT molecular complexity index is 1750. The molecule has 44 heavy (non-hydrogen) atoms. The minimum atomic E-state index is -4.17. The molecule has 1 aromatic heterocycles. The SMILES string of the molecule is CCCNC(=O)C(C)Cc1ccc2c(c1)c(Cc1ccc(C(=O)NS(=O)(=O)c3ccccc3OC)cc1OC)cn2CCC. The number of hydrogen-bond donors (Lipinski definition) is 2. The summed E-state index contributed by atoms with van der Waals surface area (Å²) in [7, 11) is -1.28. The number of para-hydroxylation sites is 1. The van der Waals surface area contributed by atoms with Crippen molar-refractivity contribution >= 4 is 32.7 Å². The van der Waals surface area contributed by atoms with Crippen molar-refractivity contribution < 1.29 is 27.5 Å². The average molecular weight is 620 g/mol. The van der Waals surface area contributed by atoms with Gasteiger partial charge in [-0.15, -0.1) is 0 Å². The van der Waals surface area contributed by atoms with Crippen LogP contribution in [0.2, 0.25) is 0 Å². The van der Waals surface area contributed by atoms with E-state index in [1.54, 1.807) is 30.3 Å². The van der Waals surface area contributed by atoms with E-state index >= 15 is 0 Å². The molecule has 3 aromatic carbocycles. The smallest absolute Gasteiger partial charge is 0.268 e. The molecule has 0 aliphatic carbocycles. The molecule has 0 saturated carbocycles. The first-order valence-corrected chi connectivity index (χ1v) is 16.4. The number of carbonyl (C=O) groups excluding carboxylic acids is 2. The van der Waals surface area contributed by atoms with Gasteiger partial charge in [-0.2, -0.15) is 0 Å². The largest absolute Gasteiger partial charge is 0.496 e. The lowest BCUT2D eigenvalue weighted by Crippen LogP contribution is -2.30. The number of amides is 2. The zero-order valence-corrected chi connectivity index (χ0v) is 26.8. The Morgan fingerprint density at radius 1 is 0.909 bits per heavy atom. The lowest BCUT2D eigenvalue weighted by Gasteiger charge is -2.13. The van der Waals surface area contributed by atoms with Gasteiger partial charge in [0.2, 0.25) is 5.91 Å². The maximum Gasteiger partial charge on any atom is 0.268 e. The molecular formula is C34H41N3O6S. The summed E-state index contributed by atoms with van der Waals surface area (Å²) >= 11 is 0. The van der Waals surface area contributed by atoms with E-state index in [4.69, 9.17) is 9.47 Å². The number of aromatic nitrogens is 1. The number of rotatable bonds is 14. The maximum atomic E-state index is 13.0. The zero-order valence-electron chi connectivity index (χ0n) is 26.0. The van der Waals surface area contributed by atoms with E-state index in [0.717, 1.165) is 47.0 Å². The van der Waals surface area contributed by atoms with Crippen LogP contribution in [0.3, 0.4) is 0 Å². The predicted octanol–water partition coefficient (Wildman–Crippen LogP) is 5.48. The van der Waals surface area contributed by atoms with Gasteiger partial charge in [0.05, 0.1) is 14.2 Å². The molecule has 4 rings (SSSR count). The van der Waals surface area contributed by atoms with Gasteiger partial charge in [0.15, 0.2) is 0 Å². The second kappa shape index (κ2) is 14.4. The summed E-state index contributed by atoms with van der Waals surface area (Å²) in [5.74, 6) is -0.255. The first-order valence-electron chi connectivity index (χ1n) is 14.9. The monoisotopic (exact) mass is 619 g/mol. The van der Waals surface area contributed by atoms with E-state index in [2.05, 4.69) is 45.9 Å². The number of nitrogens with one attached hydrogen (secondary N) is 2. The van der Waals surface area contributed by atoms with Gasteiger partial charge in [-0.1, -0.05) is 45.0 Å². The fraction of sp³-hybridized carbons (Fsp3) is 0.353. The molecular weight excluding hydrogens is 578 g/mol. The molecule has 10 heteroatoms. The fourth-order valence-corrected chi connectivity index (χ4v) is 6.44. The molecule has 4 aromatic rings. The Labute approximate surface area is 259 Å². The molecule has 0 radical (unpaired) electrons. The summed E-state index contributed by atoms with van der Waals surface area (Å²) in [4.78, 5) is 25.4. The van der Waals surface area contributed by atoms with Gasteiger partial charge in [0, 0.05) is 48.1 Å².